The predicted molar refractivity (Wildman–Crippen MR) is 131 cm³/mol. The van der Waals surface area contributed by atoms with E-state index in [0.717, 1.165) is 49.4 Å². The average molecular weight is 473 g/mol. The molecule has 1 fully saturated rings. The number of imidazole rings is 1. The van der Waals surface area contributed by atoms with Crippen LogP contribution in [-0.2, 0) is 4.79 Å². The lowest BCUT2D eigenvalue weighted by Gasteiger charge is -2.20. The molecule has 0 saturated carbocycles. The van der Waals surface area contributed by atoms with E-state index in [-0.39, 0.29) is 11.8 Å². The first-order valence-corrected chi connectivity index (χ1v) is 11.5. The number of ether oxygens (including phenoxy) is 1. The van der Waals surface area contributed by atoms with Crippen molar-refractivity contribution in [3.05, 3.63) is 72.4 Å². The zero-order chi connectivity index (χ0) is 24.2. The van der Waals surface area contributed by atoms with Crippen LogP contribution in [0.25, 0.3) is 22.6 Å². The molecule has 0 bridgehead atoms. The summed E-state index contributed by atoms with van der Waals surface area (Å²) in [4.78, 5) is 29.8. The van der Waals surface area contributed by atoms with Gasteiger partial charge in [-0.2, -0.15) is 4.98 Å². The van der Waals surface area contributed by atoms with Gasteiger partial charge in [0.2, 0.25) is 6.41 Å². The fourth-order valence-corrected chi connectivity index (χ4v) is 4.14. The van der Waals surface area contributed by atoms with Gasteiger partial charge in [-0.25, -0.2) is 14.4 Å². The maximum atomic E-state index is 13.6. The summed E-state index contributed by atoms with van der Waals surface area (Å²) in [7, 11) is 1.67. The highest BCUT2D eigenvalue weighted by atomic mass is 19.1. The van der Waals surface area contributed by atoms with Crippen molar-refractivity contribution in [3.8, 4) is 34.4 Å². The Morgan fingerprint density at radius 3 is 2.66 bits per heavy atom. The van der Waals surface area contributed by atoms with Crippen LogP contribution in [0.15, 0.2) is 60.8 Å². The number of H-pyrrole nitrogens is 1. The minimum atomic E-state index is -0.301. The molecule has 1 aliphatic rings. The first-order valence-electron chi connectivity index (χ1n) is 11.5. The van der Waals surface area contributed by atoms with Crippen molar-refractivity contribution in [1.82, 2.24) is 25.3 Å². The molecule has 9 heteroatoms. The van der Waals surface area contributed by atoms with E-state index in [1.165, 1.54) is 17.0 Å². The van der Waals surface area contributed by atoms with Gasteiger partial charge in [-0.15, -0.1) is 0 Å². The number of aromatic amines is 1. The minimum Gasteiger partial charge on any atom is -0.424 e. The van der Waals surface area contributed by atoms with Gasteiger partial charge < -0.3 is 19.9 Å². The van der Waals surface area contributed by atoms with Crippen molar-refractivity contribution < 1.29 is 13.9 Å². The highest BCUT2D eigenvalue weighted by Gasteiger charge is 2.23. The van der Waals surface area contributed by atoms with E-state index in [0.29, 0.717) is 28.7 Å². The van der Waals surface area contributed by atoms with E-state index in [4.69, 9.17) is 9.72 Å². The van der Waals surface area contributed by atoms with E-state index >= 15 is 0 Å². The number of aromatic nitrogens is 4. The van der Waals surface area contributed by atoms with Gasteiger partial charge in [0.25, 0.3) is 0 Å². The Bertz CT molecular complexity index is 1320. The maximum Gasteiger partial charge on any atom is 0.322 e. The van der Waals surface area contributed by atoms with Crippen molar-refractivity contribution >= 4 is 12.1 Å². The summed E-state index contributed by atoms with van der Waals surface area (Å²) >= 11 is 0. The number of benzene rings is 2. The molecule has 3 heterocycles. The SMILES string of the molecule is CN(C=O)c1cccc(Oc2nccc(-c3[nH]c(C4CCNCC4)nc3-c3ccc(F)cc3)n2)c1. The van der Waals surface area contributed by atoms with E-state index in [1.54, 1.807) is 55.7 Å². The van der Waals surface area contributed by atoms with Gasteiger partial charge in [0, 0.05) is 36.5 Å². The summed E-state index contributed by atoms with van der Waals surface area (Å²) < 4.78 is 19.5. The number of piperidine rings is 1. The van der Waals surface area contributed by atoms with Gasteiger partial charge in [-0.1, -0.05) is 6.07 Å². The fraction of sp³-hybridized carbons (Fsp3) is 0.231. The Hall–Kier alpha value is -4.11. The van der Waals surface area contributed by atoms with Crippen molar-refractivity contribution in [2.45, 2.75) is 18.8 Å². The smallest absolute Gasteiger partial charge is 0.322 e. The Labute approximate surface area is 202 Å². The molecule has 0 spiro atoms. The first kappa shape index (κ1) is 22.7. The van der Waals surface area contributed by atoms with Crippen LogP contribution >= 0.6 is 0 Å². The molecule has 2 aromatic heterocycles. The summed E-state index contributed by atoms with van der Waals surface area (Å²) in [5.41, 5.74) is 3.53. The van der Waals surface area contributed by atoms with Gasteiger partial charge in [-0.3, -0.25) is 4.79 Å². The number of amides is 1. The van der Waals surface area contributed by atoms with Crippen molar-refractivity contribution in [1.29, 1.82) is 0 Å². The number of hydrogen-bond donors (Lipinski definition) is 2. The summed E-state index contributed by atoms with van der Waals surface area (Å²) in [6.07, 6.45) is 4.32. The highest BCUT2D eigenvalue weighted by molar-refractivity contribution is 5.77. The second-order valence-corrected chi connectivity index (χ2v) is 8.42. The van der Waals surface area contributed by atoms with Crippen LogP contribution in [0.3, 0.4) is 0 Å². The lowest BCUT2D eigenvalue weighted by molar-refractivity contribution is -0.107. The second kappa shape index (κ2) is 10.0. The zero-order valence-corrected chi connectivity index (χ0v) is 19.2. The first-order chi connectivity index (χ1) is 17.1. The van der Waals surface area contributed by atoms with Crippen molar-refractivity contribution in [2.24, 2.45) is 0 Å². The molecule has 1 saturated heterocycles. The maximum absolute atomic E-state index is 13.6. The third-order valence-electron chi connectivity index (χ3n) is 6.05. The van der Waals surface area contributed by atoms with Crippen LogP contribution in [-0.4, -0.2) is 46.5 Å². The van der Waals surface area contributed by atoms with Gasteiger partial charge in [0.1, 0.15) is 17.4 Å². The van der Waals surface area contributed by atoms with E-state index in [1.807, 2.05) is 0 Å². The number of rotatable bonds is 7. The Morgan fingerprint density at radius 1 is 1.09 bits per heavy atom. The van der Waals surface area contributed by atoms with E-state index < -0.39 is 0 Å². The lowest BCUT2D eigenvalue weighted by atomic mass is 9.98. The molecule has 0 aliphatic carbocycles. The molecule has 1 aliphatic heterocycles. The number of halogens is 1. The largest absolute Gasteiger partial charge is 0.424 e. The molecule has 4 aromatic rings. The molecular weight excluding hydrogens is 447 g/mol. The molecule has 5 rings (SSSR count). The molecule has 0 unspecified atom stereocenters. The Kier molecular flexibility index (Phi) is 6.49. The molecule has 0 atom stereocenters. The molecule has 1 amide bonds. The minimum absolute atomic E-state index is 0.163. The van der Waals surface area contributed by atoms with Gasteiger partial charge in [0.05, 0.1) is 17.1 Å². The van der Waals surface area contributed by atoms with Crippen LogP contribution in [0, 0.1) is 5.82 Å². The second-order valence-electron chi connectivity index (χ2n) is 8.42. The number of nitrogens with zero attached hydrogens (tertiary/aromatic N) is 4. The summed E-state index contributed by atoms with van der Waals surface area (Å²) in [6, 6.07) is 15.3. The molecule has 8 nitrogen and oxygen atoms in total. The molecule has 2 aromatic carbocycles. The summed E-state index contributed by atoms with van der Waals surface area (Å²) in [6.45, 7) is 1.88. The number of carbonyl (C=O) groups is 1. The fourth-order valence-electron chi connectivity index (χ4n) is 4.14. The monoisotopic (exact) mass is 472 g/mol. The zero-order valence-electron chi connectivity index (χ0n) is 19.2. The number of carbonyl (C=O) groups excluding carboxylic acids is 1. The van der Waals surface area contributed by atoms with Gasteiger partial charge in [0.15, 0.2) is 0 Å². The lowest BCUT2D eigenvalue weighted by Crippen LogP contribution is -2.27. The molecular formula is C26H25FN6O2. The van der Waals surface area contributed by atoms with Crippen LogP contribution in [0.2, 0.25) is 0 Å². The van der Waals surface area contributed by atoms with E-state index in [2.05, 4.69) is 20.3 Å². The Morgan fingerprint density at radius 2 is 1.89 bits per heavy atom. The normalized spacial score (nSPS) is 14.0. The van der Waals surface area contributed by atoms with Gasteiger partial charge >= 0.3 is 6.01 Å². The van der Waals surface area contributed by atoms with Crippen molar-refractivity contribution in [3.63, 3.8) is 0 Å². The molecule has 35 heavy (non-hydrogen) atoms. The van der Waals surface area contributed by atoms with Crippen LogP contribution in [0.1, 0.15) is 24.6 Å². The van der Waals surface area contributed by atoms with Crippen LogP contribution in [0.4, 0.5) is 10.1 Å². The molecule has 0 radical (unpaired) electrons. The van der Waals surface area contributed by atoms with Gasteiger partial charge in [-0.05, 0) is 68.4 Å². The highest BCUT2D eigenvalue weighted by Crippen LogP contribution is 2.34. The predicted octanol–water partition coefficient (Wildman–Crippen LogP) is 4.52. The number of nitrogens with one attached hydrogen (secondary N) is 2. The number of anilines is 1. The standard InChI is InChI=1S/C26H25FN6O2/c1-33(16-34)20-3-2-4-21(15-20)35-26-29-14-11-22(30-26)24-23(17-5-7-19(27)8-6-17)31-25(32-24)18-9-12-28-13-10-18/h2-8,11,14-16,18,28H,9-10,12-13H2,1H3,(H,31,32). The topological polar surface area (TPSA) is 96.0 Å². The molecule has 2 N–H and O–H groups in total. The summed E-state index contributed by atoms with van der Waals surface area (Å²) in [5, 5.41) is 3.38. The quantitative estimate of drug-likeness (QED) is 0.384. The third kappa shape index (κ3) is 5.04. The average Bonchev–Trinajstić information content (AvgIpc) is 3.35. The third-order valence-corrected chi connectivity index (χ3v) is 6.05. The number of hydrogen-bond acceptors (Lipinski definition) is 6. The van der Waals surface area contributed by atoms with Crippen molar-refractivity contribution in [2.75, 3.05) is 25.0 Å². The molecule has 178 valence electrons. The Balaban J connectivity index is 1.50. The summed E-state index contributed by atoms with van der Waals surface area (Å²) in [5.74, 6) is 1.41. The van der Waals surface area contributed by atoms with Crippen LogP contribution in [0.5, 0.6) is 11.8 Å². The van der Waals surface area contributed by atoms with Crippen LogP contribution < -0.4 is 15.0 Å². The van der Waals surface area contributed by atoms with E-state index in [9.17, 15) is 9.18 Å².